The fraction of sp³-hybridized carbons (Fsp3) is 0.500. The second-order valence-corrected chi connectivity index (χ2v) is 5.00. The van der Waals surface area contributed by atoms with Crippen LogP contribution >= 0.6 is 0 Å². The van der Waals surface area contributed by atoms with Gasteiger partial charge in [0.2, 0.25) is 5.91 Å². The number of hydrogen-bond donors (Lipinski definition) is 1. The van der Waals surface area contributed by atoms with E-state index in [9.17, 15) is 4.79 Å². The number of nitrogens with two attached hydrogens (primary N) is 1. The number of nitrogens with zero attached hydrogens (tertiary/aromatic N) is 1. The summed E-state index contributed by atoms with van der Waals surface area (Å²) in [4.78, 5) is 14.0. The molecule has 0 aliphatic carbocycles. The SMILES string of the molecule is Cc1ccc(C)c(CC(=O)N2CCC(N)C2)c1. The van der Waals surface area contributed by atoms with E-state index in [2.05, 4.69) is 32.0 Å². The highest BCUT2D eigenvalue weighted by molar-refractivity contribution is 5.79. The lowest BCUT2D eigenvalue weighted by molar-refractivity contribution is -0.129. The molecular weight excluding hydrogens is 212 g/mol. The molecule has 0 spiro atoms. The molecule has 0 aromatic heterocycles. The largest absolute Gasteiger partial charge is 0.341 e. The Kier molecular flexibility index (Phi) is 3.48. The van der Waals surface area contributed by atoms with Gasteiger partial charge in [-0.3, -0.25) is 4.79 Å². The van der Waals surface area contributed by atoms with Crippen molar-refractivity contribution in [1.29, 1.82) is 0 Å². The van der Waals surface area contributed by atoms with Crippen molar-refractivity contribution in [3.63, 3.8) is 0 Å². The molecule has 1 fully saturated rings. The van der Waals surface area contributed by atoms with Crippen molar-refractivity contribution in [2.75, 3.05) is 13.1 Å². The number of aryl methyl sites for hydroxylation is 2. The molecule has 1 aromatic rings. The molecule has 92 valence electrons. The van der Waals surface area contributed by atoms with Crippen LogP contribution in [0.3, 0.4) is 0 Å². The summed E-state index contributed by atoms with van der Waals surface area (Å²) in [5.41, 5.74) is 9.34. The van der Waals surface area contributed by atoms with E-state index in [0.717, 1.165) is 18.5 Å². The Morgan fingerprint density at radius 2 is 2.24 bits per heavy atom. The maximum Gasteiger partial charge on any atom is 0.227 e. The minimum Gasteiger partial charge on any atom is -0.341 e. The standard InChI is InChI=1S/C14H20N2O/c1-10-3-4-11(2)12(7-10)8-14(17)16-6-5-13(15)9-16/h3-4,7,13H,5-6,8-9,15H2,1-2H3. The van der Waals surface area contributed by atoms with E-state index >= 15 is 0 Å². The molecular formula is C14H20N2O. The van der Waals surface area contributed by atoms with E-state index in [1.54, 1.807) is 0 Å². The van der Waals surface area contributed by atoms with Crippen LogP contribution in [-0.4, -0.2) is 29.9 Å². The number of carbonyl (C=O) groups excluding carboxylic acids is 1. The molecule has 1 atom stereocenters. The molecule has 3 heteroatoms. The van der Waals surface area contributed by atoms with E-state index in [1.165, 1.54) is 11.1 Å². The van der Waals surface area contributed by atoms with Gasteiger partial charge in [-0.05, 0) is 31.4 Å². The van der Waals surface area contributed by atoms with Gasteiger partial charge in [0.25, 0.3) is 0 Å². The van der Waals surface area contributed by atoms with Crippen molar-refractivity contribution in [3.8, 4) is 0 Å². The van der Waals surface area contributed by atoms with Crippen LogP contribution in [0.5, 0.6) is 0 Å². The summed E-state index contributed by atoms with van der Waals surface area (Å²) in [6, 6.07) is 6.42. The summed E-state index contributed by atoms with van der Waals surface area (Å²) >= 11 is 0. The van der Waals surface area contributed by atoms with Crippen LogP contribution in [0.4, 0.5) is 0 Å². The first-order valence-electron chi connectivity index (χ1n) is 6.16. The smallest absolute Gasteiger partial charge is 0.227 e. The van der Waals surface area contributed by atoms with Gasteiger partial charge in [-0.2, -0.15) is 0 Å². The number of carbonyl (C=O) groups is 1. The zero-order valence-electron chi connectivity index (χ0n) is 10.6. The minimum atomic E-state index is 0.164. The highest BCUT2D eigenvalue weighted by atomic mass is 16.2. The van der Waals surface area contributed by atoms with E-state index in [0.29, 0.717) is 13.0 Å². The van der Waals surface area contributed by atoms with Crippen LogP contribution in [0.25, 0.3) is 0 Å². The van der Waals surface area contributed by atoms with E-state index in [4.69, 9.17) is 5.73 Å². The third kappa shape index (κ3) is 2.86. The first-order chi connectivity index (χ1) is 8.06. The Morgan fingerprint density at radius 1 is 1.47 bits per heavy atom. The van der Waals surface area contributed by atoms with Gasteiger partial charge in [0, 0.05) is 19.1 Å². The van der Waals surface area contributed by atoms with Crippen LogP contribution in [0.15, 0.2) is 18.2 Å². The summed E-state index contributed by atoms with van der Waals surface area (Å²) in [5, 5.41) is 0. The number of benzene rings is 1. The third-order valence-corrected chi connectivity index (χ3v) is 3.42. The Hall–Kier alpha value is -1.35. The summed E-state index contributed by atoms with van der Waals surface area (Å²) < 4.78 is 0. The predicted octanol–water partition coefficient (Wildman–Crippen LogP) is 1.41. The van der Waals surface area contributed by atoms with Crippen molar-refractivity contribution < 1.29 is 4.79 Å². The lowest BCUT2D eigenvalue weighted by Gasteiger charge is -2.16. The molecule has 3 nitrogen and oxygen atoms in total. The maximum atomic E-state index is 12.1. The summed E-state index contributed by atoms with van der Waals surface area (Å²) in [7, 11) is 0. The quantitative estimate of drug-likeness (QED) is 0.838. The molecule has 1 saturated heterocycles. The first-order valence-corrected chi connectivity index (χ1v) is 6.16. The van der Waals surface area contributed by atoms with Gasteiger partial charge >= 0.3 is 0 Å². The van der Waals surface area contributed by atoms with Gasteiger partial charge in [-0.1, -0.05) is 23.8 Å². The van der Waals surface area contributed by atoms with Gasteiger partial charge in [-0.25, -0.2) is 0 Å². The molecule has 17 heavy (non-hydrogen) atoms. The molecule has 1 unspecified atom stereocenters. The molecule has 1 amide bonds. The lowest BCUT2D eigenvalue weighted by atomic mass is 10.0. The van der Waals surface area contributed by atoms with Gasteiger partial charge < -0.3 is 10.6 Å². The topological polar surface area (TPSA) is 46.3 Å². The lowest BCUT2D eigenvalue weighted by Crippen LogP contribution is -2.33. The van der Waals surface area contributed by atoms with Gasteiger partial charge in [0.05, 0.1) is 6.42 Å². The molecule has 1 aliphatic heterocycles. The summed E-state index contributed by atoms with van der Waals surface area (Å²) in [6.07, 6.45) is 1.43. The highest BCUT2D eigenvalue weighted by Gasteiger charge is 2.23. The molecule has 0 radical (unpaired) electrons. The molecule has 1 heterocycles. The van der Waals surface area contributed by atoms with Gasteiger partial charge in [0.15, 0.2) is 0 Å². The first kappa shape index (κ1) is 12.1. The number of hydrogen-bond acceptors (Lipinski definition) is 2. The number of rotatable bonds is 2. The highest BCUT2D eigenvalue weighted by Crippen LogP contribution is 2.14. The molecule has 1 aliphatic rings. The van der Waals surface area contributed by atoms with E-state index in [-0.39, 0.29) is 11.9 Å². The van der Waals surface area contributed by atoms with Crippen molar-refractivity contribution in [3.05, 3.63) is 34.9 Å². The second-order valence-electron chi connectivity index (χ2n) is 5.00. The van der Waals surface area contributed by atoms with Crippen LogP contribution in [0, 0.1) is 13.8 Å². The Bertz CT molecular complexity index is 428. The summed E-state index contributed by atoms with van der Waals surface area (Å²) in [5.74, 6) is 0.201. The average molecular weight is 232 g/mol. The van der Waals surface area contributed by atoms with Crippen molar-refractivity contribution in [1.82, 2.24) is 4.90 Å². The third-order valence-electron chi connectivity index (χ3n) is 3.42. The van der Waals surface area contributed by atoms with Crippen molar-refractivity contribution in [2.45, 2.75) is 32.7 Å². The Labute approximate surface area is 103 Å². The van der Waals surface area contributed by atoms with Gasteiger partial charge in [-0.15, -0.1) is 0 Å². The maximum absolute atomic E-state index is 12.1. The zero-order chi connectivity index (χ0) is 12.4. The van der Waals surface area contributed by atoms with Crippen molar-refractivity contribution in [2.24, 2.45) is 5.73 Å². The molecule has 1 aromatic carbocycles. The minimum absolute atomic E-state index is 0.164. The molecule has 2 N–H and O–H groups in total. The summed E-state index contributed by atoms with van der Waals surface area (Å²) in [6.45, 7) is 5.63. The normalized spacial score (nSPS) is 19.7. The van der Waals surface area contributed by atoms with Crippen LogP contribution in [0.2, 0.25) is 0 Å². The van der Waals surface area contributed by atoms with Gasteiger partial charge in [0.1, 0.15) is 0 Å². The van der Waals surface area contributed by atoms with Crippen LogP contribution in [0.1, 0.15) is 23.1 Å². The monoisotopic (exact) mass is 232 g/mol. The molecule has 0 saturated carbocycles. The molecule has 2 rings (SSSR count). The fourth-order valence-electron chi connectivity index (χ4n) is 2.28. The average Bonchev–Trinajstić information content (AvgIpc) is 2.70. The number of likely N-dealkylation sites (tertiary alicyclic amines) is 1. The van der Waals surface area contributed by atoms with E-state index < -0.39 is 0 Å². The Morgan fingerprint density at radius 3 is 2.88 bits per heavy atom. The van der Waals surface area contributed by atoms with E-state index in [1.807, 2.05) is 4.90 Å². The van der Waals surface area contributed by atoms with Crippen molar-refractivity contribution >= 4 is 5.91 Å². The number of amides is 1. The van der Waals surface area contributed by atoms with Crippen LogP contribution in [-0.2, 0) is 11.2 Å². The second kappa shape index (κ2) is 4.88. The van der Waals surface area contributed by atoms with Crippen LogP contribution < -0.4 is 5.73 Å². The fourth-order valence-corrected chi connectivity index (χ4v) is 2.28. The molecule has 0 bridgehead atoms. The Balaban J connectivity index is 2.05. The predicted molar refractivity (Wildman–Crippen MR) is 68.8 cm³/mol. The zero-order valence-corrected chi connectivity index (χ0v) is 10.6.